The van der Waals surface area contributed by atoms with Crippen LogP contribution in [0.1, 0.15) is 45.4 Å². The molecule has 1 fully saturated rings. The second-order valence-corrected chi connectivity index (χ2v) is 5.94. The summed E-state index contributed by atoms with van der Waals surface area (Å²) in [5, 5.41) is 12.3. The smallest absolute Gasteiger partial charge is 0.310 e. The van der Waals surface area contributed by atoms with Gasteiger partial charge in [-0.25, -0.2) is 0 Å². The highest BCUT2D eigenvalue weighted by atomic mass is 16.4. The maximum Gasteiger partial charge on any atom is 0.310 e. The van der Waals surface area contributed by atoms with E-state index in [1.165, 1.54) is 0 Å². The highest BCUT2D eigenvalue weighted by Crippen LogP contribution is 2.39. The summed E-state index contributed by atoms with van der Waals surface area (Å²) in [5.74, 6) is -0.957. The van der Waals surface area contributed by atoms with E-state index in [1.807, 2.05) is 25.9 Å². The Bertz CT molecular complexity index is 323. The normalized spacial score (nSPS) is 20.0. The lowest BCUT2D eigenvalue weighted by molar-refractivity contribution is -0.154. The molecule has 0 bridgehead atoms. The van der Waals surface area contributed by atoms with Crippen LogP contribution >= 0.6 is 0 Å². The van der Waals surface area contributed by atoms with Crippen molar-refractivity contribution < 1.29 is 14.7 Å². The van der Waals surface area contributed by atoms with Crippen LogP contribution in [0.2, 0.25) is 0 Å². The van der Waals surface area contributed by atoms with Gasteiger partial charge in [0, 0.05) is 19.0 Å². The van der Waals surface area contributed by atoms with Crippen molar-refractivity contribution >= 4 is 11.9 Å². The molecule has 0 aromatic heterocycles. The summed E-state index contributed by atoms with van der Waals surface area (Å²) in [6.07, 6.45) is 4.26. The number of carbonyl (C=O) groups is 2. The molecule has 1 aliphatic rings. The van der Waals surface area contributed by atoms with Crippen LogP contribution in [-0.2, 0) is 9.59 Å². The Hall–Kier alpha value is -1.10. The molecule has 0 aromatic carbocycles. The Morgan fingerprint density at radius 3 is 2.32 bits per heavy atom. The van der Waals surface area contributed by atoms with Gasteiger partial charge in [0.05, 0.1) is 5.41 Å². The minimum atomic E-state index is -0.830. The van der Waals surface area contributed by atoms with Crippen LogP contribution in [0, 0.1) is 5.41 Å². The van der Waals surface area contributed by atoms with Crippen molar-refractivity contribution in [2.45, 2.75) is 51.5 Å². The molecule has 110 valence electrons. The van der Waals surface area contributed by atoms with Crippen molar-refractivity contribution in [2.24, 2.45) is 5.41 Å². The van der Waals surface area contributed by atoms with E-state index in [0.717, 1.165) is 19.3 Å². The highest BCUT2D eigenvalue weighted by Gasteiger charge is 2.41. The lowest BCUT2D eigenvalue weighted by atomic mass is 9.71. The number of nitrogens with zero attached hydrogens (tertiary/aromatic N) is 1. The lowest BCUT2D eigenvalue weighted by Crippen LogP contribution is -2.42. The second-order valence-electron chi connectivity index (χ2n) is 5.94. The molecule has 1 amide bonds. The molecule has 1 aliphatic carbocycles. The lowest BCUT2D eigenvalue weighted by Gasteiger charge is -2.32. The fourth-order valence-electron chi connectivity index (χ4n) is 2.51. The zero-order valence-electron chi connectivity index (χ0n) is 12.2. The summed E-state index contributed by atoms with van der Waals surface area (Å²) >= 11 is 0. The summed E-state index contributed by atoms with van der Waals surface area (Å²) in [6.45, 7) is 2.58. The second kappa shape index (κ2) is 6.89. The van der Waals surface area contributed by atoms with E-state index in [4.69, 9.17) is 0 Å². The van der Waals surface area contributed by atoms with E-state index in [0.29, 0.717) is 19.4 Å². The Labute approximate surface area is 115 Å². The Morgan fingerprint density at radius 1 is 1.26 bits per heavy atom. The minimum Gasteiger partial charge on any atom is -0.481 e. The number of likely N-dealkylation sites (N-methyl/N-ethyl adjacent to an activating group) is 1. The molecule has 0 heterocycles. The number of hydrogen-bond donors (Lipinski definition) is 2. The van der Waals surface area contributed by atoms with Gasteiger partial charge in [0.15, 0.2) is 0 Å². The van der Waals surface area contributed by atoms with E-state index < -0.39 is 11.4 Å². The molecule has 2 N–H and O–H groups in total. The first-order chi connectivity index (χ1) is 8.87. The van der Waals surface area contributed by atoms with Gasteiger partial charge in [0.1, 0.15) is 0 Å². The molecule has 1 saturated carbocycles. The van der Waals surface area contributed by atoms with Gasteiger partial charge in [-0.15, -0.1) is 0 Å². The summed E-state index contributed by atoms with van der Waals surface area (Å²) in [7, 11) is 3.91. The summed E-state index contributed by atoms with van der Waals surface area (Å²) in [4.78, 5) is 25.4. The molecule has 0 spiro atoms. The van der Waals surface area contributed by atoms with Gasteiger partial charge in [-0.2, -0.15) is 0 Å². The predicted molar refractivity (Wildman–Crippen MR) is 73.9 cm³/mol. The van der Waals surface area contributed by atoms with Gasteiger partial charge in [-0.1, -0.05) is 19.3 Å². The molecule has 5 nitrogen and oxygen atoms in total. The average Bonchev–Trinajstić information content (AvgIpc) is 2.36. The fraction of sp³-hybridized carbons (Fsp3) is 0.857. The molecule has 0 aromatic rings. The van der Waals surface area contributed by atoms with Crippen LogP contribution in [0.4, 0.5) is 0 Å². The van der Waals surface area contributed by atoms with Crippen LogP contribution in [0.15, 0.2) is 0 Å². The molecular formula is C14H26N2O3. The Morgan fingerprint density at radius 2 is 1.84 bits per heavy atom. The van der Waals surface area contributed by atoms with Crippen LogP contribution in [0.25, 0.3) is 0 Å². The third kappa shape index (κ3) is 4.49. The van der Waals surface area contributed by atoms with E-state index >= 15 is 0 Å². The van der Waals surface area contributed by atoms with Gasteiger partial charge < -0.3 is 15.3 Å². The number of carboxylic acid groups (broad SMARTS) is 1. The van der Waals surface area contributed by atoms with E-state index in [1.54, 1.807) is 0 Å². The van der Waals surface area contributed by atoms with Crippen molar-refractivity contribution in [3.05, 3.63) is 0 Å². The molecule has 1 atom stereocenters. The molecule has 19 heavy (non-hydrogen) atoms. The number of carboxylic acids is 1. The molecule has 5 heteroatoms. The number of amides is 1. The number of rotatable bonds is 6. The van der Waals surface area contributed by atoms with Crippen molar-refractivity contribution in [1.82, 2.24) is 10.2 Å². The van der Waals surface area contributed by atoms with Crippen molar-refractivity contribution in [3.63, 3.8) is 0 Å². The monoisotopic (exact) mass is 270 g/mol. The zero-order valence-corrected chi connectivity index (χ0v) is 12.2. The first-order valence-corrected chi connectivity index (χ1v) is 7.04. The third-order valence-corrected chi connectivity index (χ3v) is 4.24. The number of carbonyl (C=O) groups excluding carboxylic acids is 1. The summed E-state index contributed by atoms with van der Waals surface area (Å²) in [5.41, 5.74) is -0.830. The van der Waals surface area contributed by atoms with E-state index in [9.17, 15) is 14.7 Å². The van der Waals surface area contributed by atoms with Gasteiger partial charge in [0.25, 0.3) is 0 Å². The standard InChI is InChI=1S/C14H26N2O3/c1-11(16(2)3)10-15-12(17)9-14(13(18)19)7-5-4-6-8-14/h11H,4-10H2,1-3H3,(H,15,17)(H,18,19). The molecular weight excluding hydrogens is 244 g/mol. The van der Waals surface area contributed by atoms with Gasteiger partial charge in [0.2, 0.25) is 5.91 Å². The van der Waals surface area contributed by atoms with Crippen LogP contribution in [-0.4, -0.2) is 48.6 Å². The largest absolute Gasteiger partial charge is 0.481 e. The maximum absolute atomic E-state index is 12.0. The van der Waals surface area contributed by atoms with E-state index in [-0.39, 0.29) is 18.4 Å². The van der Waals surface area contributed by atoms with E-state index in [2.05, 4.69) is 5.32 Å². The van der Waals surface area contributed by atoms with Crippen LogP contribution < -0.4 is 5.32 Å². The first kappa shape index (κ1) is 16.0. The Balaban J connectivity index is 2.50. The number of aliphatic carboxylic acids is 1. The van der Waals surface area contributed by atoms with Gasteiger partial charge in [-0.3, -0.25) is 9.59 Å². The van der Waals surface area contributed by atoms with Gasteiger partial charge in [-0.05, 0) is 33.9 Å². The molecule has 0 aliphatic heterocycles. The average molecular weight is 270 g/mol. The van der Waals surface area contributed by atoms with Crippen molar-refractivity contribution in [1.29, 1.82) is 0 Å². The number of hydrogen-bond acceptors (Lipinski definition) is 3. The fourth-order valence-corrected chi connectivity index (χ4v) is 2.51. The Kier molecular flexibility index (Phi) is 5.79. The van der Waals surface area contributed by atoms with Crippen LogP contribution in [0.5, 0.6) is 0 Å². The van der Waals surface area contributed by atoms with Crippen LogP contribution in [0.3, 0.4) is 0 Å². The zero-order chi connectivity index (χ0) is 14.5. The molecule has 0 saturated heterocycles. The minimum absolute atomic E-state index is 0.114. The summed E-state index contributed by atoms with van der Waals surface area (Å²) in [6, 6.07) is 0.246. The van der Waals surface area contributed by atoms with Crippen molar-refractivity contribution in [2.75, 3.05) is 20.6 Å². The summed E-state index contributed by atoms with van der Waals surface area (Å²) < 4.78 is 0. The first-order valence-electron chi connectivity index (χ1n) is 7.04. The molecule has 1 unspecified atom stereocenters. The topological polar surface area (TPSA) is 69.6 Å². The third-order valence-electron chi connectivity index (χ3n) is 4.24. The highest BCUT2D eigenvalue weighted by molar-refractivity contribution is 5.85. The predicted octanol–water partition coefficient (Wildman–Crippen LogP) is 1.48. The van der Waals surface area contributed by atoms with Gasteiger partial charge >= 0.3 is 5.97 Å². The quantitative estimate of drug-likeness (QED) is 0.767. The number of nitrogens with one attached hydrogen (secondary N) is 1. The SMILES string of the molecule is CC(CNC(=O)CC1(C(=O)O)CCCCC1)N(C)C. The van der Waals surface area contributed by atoms with Crippen molar-refractivity contribution in [3.8, 4) is 0 Å². The molecule has 1 rings (SSSR count). The maximum atomic E-state index is 12.0. The molecule has 0 radical (unpaired) electrons.